The number of aliphatic hydroxyl groups is 1. The maximum Gasteiger partial charge on any atom is 0.0650 e. The molecule has 0 bridgehead atoms. The lowest BCUT2D eigenvalue weighted by Gasteiger charge is -2.28. The summed E-state index contributed by atoms with van der Waals surface area (Å²) in [6.07, 6.45) is 4.49. The molecule has 3 heteroatoms. The summed E-state index contributed by atoms with van der Waals surface area (Å²) < 4.78 is 5.37. The molecule has 2 N–H and O–H groups in total. The second-order valence-corrected chi connectivity index (χ2v) is 3.98. The van der Waals surface area contributed by atoms with Crippen molar-refractivity contribution in [3.05, 3.63) is 0 Å². The van der Waals surface area contributed by atoms with Crippen LogP contribution in [0.4, 0.5) is 0 Å². The highest BCUT2D eigenvalue weighted by Gasteiger charge is 2.38. The molecule has 2 fully saturated rings. The van der Waals surface area contributed by atoms with Crippen molar-refractivity contribution < 1.29 is 9.84 Å². The SMILES string of the molecule is OCCC1(NC2CC2)CCOC1. The van der Waals surface area contributed by atoms with E-state index in [-0.39, 0.29) is 12.1 Å². The van der Waals surface area contributed by atoms with E-state index >= 15 is 0 Å². The average molecular weight is 171 g/mol. The molecule has 0 aromatic heterocycles. The van der Waals surface area contributed by atoms with E-state index in [1.54, 1.807) is 0 Å². The van der Waals surface area contributed by atoms with Gasteiger partial charge in [0.1, 0.15) is 0 Å². The summed E-state index contributed by atoms with van der Waals surface area (Å²) in [6.45, 7) is 1.90. The molecule has 12 heavy (non-hydrogen) atoms. The number of ether oxygens (including phenoxy) is 1. The van der Waals surface area contributed by atoms with Crippen LogP contribution in [0.3, 0.4) is 0 Å². The van der Waals surface area contributed by atoms with Gasteiger partial charge in [-0.1, -0.05) is 0 Å². The Balaban J connectivity index is 1.89. The Bertz CT molecular complexity index is 151. The largest absolute Gasteiger partial charge is 0.396 e. The van der Waals surface area contributed by atoms with Crippen molar-refractivity contribution in [1.82, 2.24) is 5.32 Å². The van der Waals surface area contributed by atoms with Gasteiger partial charge in [0.2, 0.25) is 0 Å². The van der Waals surface area contributed by atoms with Crippen LogP contribution in [0, 0.1) is 0 Å². The summed E-state index contributed by atoms with van der Waals surface area (Å²) in [5.74, 6) is 0. The molecule has 0 aromatic carbocycles. The molecule has 3 nitrogen and oxygen atoms in total. The monoisotopic (exact) mass is 171 g/mol. The molecule has 2 rings (SSSR count). The Morgan fingerprint density at radius 3 is 2.83 bits per heavy atom. The van der Waals surface area contributed by atoms with Gasteiger partial charge in [-0.3, -0.25) is 0 Å². The van der Waals surface area contributed by atoms with E-state index in [9.17, 15) is 0 Å². The molecule has 0 radical (unpaired) electrons. The second-order valence-electron chi connectivity index (χ2n) is 3.98. The molecule has 1 aliphatic carbocycles. The molecule has 1 saturated carbocycles. The minimum Gasteiger partial charge on any atom is -0.396 e. The molecular weight excluding hydrogens is 154 g/mol. The standard InChI is InChI=1S/C9H17NO2/c11-5-3-9(4-6-12-7-9)10-8-1-2-8/h8,10-11H,1-7H2. The molecule has 0 amide bonds. The van der Waals surface area contributed by atoms with Gasteiger partial charge in [0.15, 0.2) is 0 Å². The Morgan fingerprint density at radius 2 is 2.33 bits per heavy atom. The minimum absolute atomic E-state index is 0.107. The van der Waals surface area contributed by atoms with E-state index in [2.05, 4.69) is 5.32 Å². The molecular formula is C9H17NO2. The van der Waals surface area contributed by atoms with Crippen molar-refractivity contribution in [2.75, 3.05) is 19.8 Å². The van der Waals surface area contributed by atoms with E-state index in [0.717, 1.165) is 26.1 Å². The summed E-state index contributed by atoms with van der Waals surface area (Å²) in [5.41, 5.74) is 0.107. The zero-order chi connectivity index (χ0) is 8.44. The highest BCUT2D eigenvalue weighted by atomic mass is 16.5. The van der Waals surface area contributed by atoms with E-state index in [1.807, 2.05) is 0 Å². The van der Waals surface area contributed by atoms with E-state index in [1.165, 1.54) is 12.8 Å². The van der Waals surface area contributed by atoms with Gasteiger partial charge in [0, 0.05) is 24.8 Å². The van der Waals surface area contributed by atoms with Crippen LogP contribution in [0.5, 0.6) is 0 Å². The first-order chi connectivity index (χ1) is 5.85. The Kier molecular flexibility index (Phi) is 2.35. The highest BCUT2D eigenvalue weighted by Crippen LogP contribution is 2.29. The molecule has 70 valence electrons. The molecule has 1 atom stereocenters. The van der Waals surface area contributed by atoms with Crippen LogP contribution in [-0.2, 0) is 4.74 Å². The fourth-order valence-electron chi connectivity index (χ4n) is 1.87. The lowest BCUT2D eigenvalue weighted by atomic mass is 9.94. The zero-order valence-electron chi connectivity index (χ0n) is 7.38. The number of rotatable bonds is 4. The maximum atomic E-state index is 8.93. The van der Waals surface area contributed by atoms with Crippen molar-refractivity contribution in [2.45, 2.75) is 37.3 Å². The quantitative estimate of drug-likeness (QED) is 0.638. The molecule has 1 aliphatic heterocycles. The number of aliphatic hydroxyl groups excluding tert-OH is 1. The van der Waals surface area contributed by atoms with Crippen LogP contribution in [0.2, 0.25) is 0 Å². The van der Waals surface area contributed by atoms with E-state index in [4.69, 9.17) is 9.84 Å². The molecule has 1 unspecified atom stereocenters. The third-order valence-electron chi connectivity index (χ3n) is 2.78. The fourth-order valence-corrected chi connectivity index (χ4v) is 1.87. The van der Waals surface area contributed by atoms with Crippen molar-refractivity contribution in [2.24, 2.45) is 0 Å². The minimum atomic E-state index is 0.107. The van der Waals surface area contributed by atoms with Gasteiger partial charge in [-0.2, -0.15) is 0 Å². The van der Waals surface area contributed by atoms with Gasteiger partial charge >= 0.3 is 0 Å². The highest BCUT2D eigenvalue weighted by molar-refractivity contribution is 4.97. The predicted molar refractivity (Wildman–Crippen MR) is 46.0 cm³/mol. The number of nitrogens with one attached hydrogen (secondary N) is 1. The van der Waals surface area contributed by atoms with Crippen LogP contribution in [0.25, 0.3) is 0 Å². The first kappa shape index (κ1) is 8.48. The van der Waals surface area contributed by atoms with Crippen molar-refractivity contribution in [1.29, 1.82) is 0 Å². The molecule has 0 aromatic rings. The Labute approximate surface area is 73.1 Å². The van der Waals surface area contributed by atoms with Gasteiger partial charge in [-0.15, -0.1) is 0 Å². The molecule has 0 spiro atoms. The topological polar surface area (TPSA) is 41.5 Å². The van der Waals surface area contributed by atoms with Gasteiger partial charge in [0.25, 0.3) is 0 Å². The number of hydrogen-bond donors (Lipinski definition) is 2. The van der Waals surface area contributed by atoms with Crippen LogP contribution in [0.15, 0.2) is 0 Å². The van der Waals surface area contributed by atoms with Gasteiger partial charge < -0.3 is 15.2 Å². The van der Waals surface area contributed by atoms with E-state index in [0.29, 0.717) is 6.04 Å². The van der Waals surface area contributed by atoms with Gasteiger partial charge in [-0.25, -0.2) is 0 Å². The molecule has 1 heterocycles. The third kappa shape index (κ3) is 1.79. The maximum absolute atomic E-state index is 8.93. The van der Waals surface area contributed by atoms with Crippen molar-refractivity contribution in [3.8, 4) is 0 Å². The number of hydrogen-bond acceptors (Lipinski definition) is 3. The lowest BCUT2D eigenvalue weighted by molar-refractivity contribution is 0.146. The summed E-state index contributed by atoms with van der Waals surface area (Å²) >= 11 is 0. The summed E-state index contributed by atoms with van der Waals surface area (Å²) in [4.78, 5) is 0. The Morgan fingerprint density at radius 1 is 1.50 bits per heavy atom. The third-order valence-corrected chi connectivity index (χ3v) is 2.78. The Hall–Kier alpha value is -0.120. The summed E-state index contributed by atoms with van der Waals surface area (Å²) in [7, 11) is 0. The van der Waals surface area contributed by atoms with Gasteiger partial charge in [-0.05, 0) is 25.7 Å². The van der Waals surface area contributed by atoms with Gasteiger partial charge in [0.05, 0.1) is 6.61 Å². The molecule has 2 aliphatic rings. The summed E-state index contributed by atoms with van der Waals surface area (Å²) in [5, 5.41) is 12.5. The summed E-state index contributed by atoms with van der Waals surface area (Å²) in [6, 6.07) is 0.707. The van der Waals surface area contributed by atoms with E-state index < -0.39 is 0 Å². The van der Waals surface area contributed by atoms with Crippen molar-refractivity contribution >= 4 is 0 Å². The fraction of sp³-hybridized carbons (Fsp3) is 1.00. The van der Waals surface area contributed by atoms with Crippen LogP contribution in [-0.4, -0.2) is 36.5 Å². The average Bonchev–Trinajstić information content (AvgIpc) is 2.72. The van der Waals surface area contributed by atoms with Crippen molar-refractivity contribution in [3.63, 3.8) is 0 Å². The van der Waals surface area contributed by atoms with Crippen LogP contribution >= 0.6 is 0 Å². The first-order valence-electron chi connectivity index (χ1n) is 4.81. The van der Waals surface area contributed by atoms with Crippen LogP contribution < -0.4 is 5.32 Å². The normalized spacial score (nSPS) is 35.8. The van der Waals surface area contributed by atoms with Crippen LogP contribution in [0.1, 0.15) is 25.7 Å². The first-order valence-corrected chi connectivity index (χ1v) is 4.81. The molecule has 1 saturated heterocycles. The predicted octanol–water partition coefficient (Wildman–Crippen LogP) is 0.280. The second kappa shape index (κ2) is 3.32. The lowest BCUT2D eigenvalue weighted by Crippen LogP contribution is -2.47. The zero-order valence-corrected chi connectivity index (χ0v) is 7.38. The smallest absolute Gasteiger partial charge is 0.0650 e.